The van der Waals surface area contributed by atoms with Crippen LogP contribution in [0.25, 0.3) is 10.9 Å². The lowest BCUT2D eigenvalue weighted by Crippen LogP contribution is -2.61. The molecule has 0 radical (unpaired) electrons. The number of nitrogens with one attached hydrogen (secondary N) is 1. The number of nitrogens with zero attached hydrogens (tertiary/aromatic N) is 2. The molecule has 10 heteroatoms. The first-order valence-electron chi connectivity index (χ1n) is 9.31. The molecule has 0 spiro atoms. The minimum absolute atomic E-state index is 0.105. The zero-order valence-corrected chi connectivity index (χ0v) is 17.5. The van der Waals surface area contributed by atoms with E-state index >= 15 is 0 Å². The van der Waals surface area contributed by atoms with Crippen molar-refractivity contribution in [2.24, 2.45) is 5.73 Å². The minimum atomic E-state index is -4.99. The van der Waals surface area contributed by atoms with Gasteiger partial charge in [-0.2, -0.15) is 18.4 Å². The first kappa shape index (κ1) is 21.4. The number of aromatic nitrogens is 1. The van der Waals surface area contributed by atoms with Crippen LogP contribution in [0.4, 0.5) is 13.2 Å². The van der Waals surface area contributed by atoms with Crippen LogP contribution in [0, 0.1) is 18.3 Å². The molecule has 1 aliphatic heterocycles. The summed E-state index contributed by atoms with van der Waals surface area (Å²) in [7, 11) is -4.04. The lowest BCUT2D eigenvalue weighted by molar-refractivity contribution is -0.239. The molecular formula is C21H19F3N4O2S. The Morgan fingerprint density at radius 3 is 2.45 bits per heavy atom. The molecule has 1 aliphatic rings. The summed E-state index contributed by atoms with van der Waals surface area (Å²) < 4.78 is 69.2. The van der Waals surface area contributed by atoms with Gasteiger partial charge < -0.3 is 10.7 Å². The van der Waals surface area contributed by atoms with Gasteiger partial charge in [0.1, 0.15) is 0 Å². The summed E-state index contributed by atoms with van der Waals surface area (Å²) in [5.41, 5.74) is 4.98. The zero-order valence-electron chi connectivity index (χ0n) is 16.7. The van der Waals surface area contributed by atoms with Gasteiger partial charge in [-0.25, -0.2) is 8.42 Å². The van der Waals surface area contributed by atoms with E-state index in [1.54, 1.807) is 13.0 Å². The highest BCUT2D eigenvalue weighted by atomic mass is 32.2. The van der Waals surface area contributed by atoms with Crippen LogP contribution in [0.5, 0.6) is 0 Å². The lowest BCUT2D eigenvalue weighted by atomic mass is 9.92. The number of sulfone groups is 1. The van der Waals surface area contributed by atoms with Gasteiger partial charge >= 0.3 is 6.18 Å². The Labute approximate surface area is 177 Å². The Bertz CT molecular complexity index is 1360. The molecule has 6 nitrogen and oxygen atoms in total. The quantitative estimate of drug-likeness (QED) is 0.639. The Morgan fingerprint density at radius 1 is 1.16 bits per heavy atom. The summed E-state index contributed by atoms with van der Waals surface area (Å²) in [4.78, 5) is 3.45. The molecule has 0 amide bonds. The van der Waals surface area contributed by atoms with Crippen molar-refractivity contribution < 1.29 is 21.6 Å². The maximum Gasteiger partial charge on any atom is 0.424 e. The topological polar surface area (TPSA) is 103 Å². The monoisotopic (exact) mass is 448 g/mol. The van der Waals surface area contributed by atoms with E-state index in [1.807, 2.05) is 6.07 Å². The highest BCUT2D eigenvalue weighted by molar-refractivity contribution is 7.90. The Balaban J connectivity index is 2.01. The van der Waals surface area contributed by atoms with E-state index in [1.165, 1.54) is 30.5 Å². The predicted octanol–water partition coefficient (Wildman–Crippen LogP) is 3.44. The highest BCUT2D eigenvalue weighted by Gasteiger charge is 2.60. The number of nitriles is 1. The summed E-state index contributed by atoms with van der Waals surface area (Å²) in [5, 5.41) is 9.22. The molecular weight excluding hydrogens is 429 g/mol. The van der Waals surface area contributed by atoms with Crippen molar-refractivity contribution in [3.63, 3.8) is 0 Å². The molecule has 1 aromatic heterocycles. The Hall–Kier alpha value is -2.87. The van der Waals surface area contributed by atoms with Gasteiger partial charge in [0.15, 0.2) is 15.5 Å². The third-order valence-electron chi connectivity index (χ3n) is 5.77. The number of aromatic amines is 1. The van der Waals surface area contributed by atoms with Gasteiger partial charge in [0.05, 0.1) is 16.5 Å². The number of hydrogen-bond donors (Lipinski definition) is 2. The van der Waals surface area contributed by atoms with Crippen molar-refractivity contribution in [3.8, 4) is 6.07 Å². The number of halogens is 3. The van der Waals surface area contributed by atoms with Gasteiger partial charge in [-0.05, 0) is 47.9 Å². The summed E-state index contributed by atoms with van der Waals surface area (Å²) in [6, 6.07) is 9.28. The van der Waals surface area contributed by atoms with Crippen molar-refractivity contribution >= 4 is 20.7 Å². The number of rotatable bonds is 3. The molecule has 1 atom stereocenters. The summed E-state index contributed by atoms with van der Waals surface area (Å²) in [6.07, 6.45) is -2.66. The summed E-state index contributed by atoms with van der Waals surface area (Å²) >= 11 is 0. The molecule has 2 aromatic carbocycles. The lowest BCUT2D eigenvalue weighted by Gasteiger charge is -2.41. The fraction of sp³-hybridized carbons (Fsp3) is 0.286. The minimum Gasteiger partial charge on any atom is -0.361 e. The summed E-state index contributed by atoms with van der Waals surface area (Å²) in [5.74, 6) is 0. The molecule has 3 N–H and O–H groups in total. The molecule has 162 valence electrons. The van der Waals surface area contributed by atoms with Crippen LogP contribution in [0.3, 0.4) is 0 Å². The van der Waals surface area contributed by atoms with Crippen LogP contribution in [0.2, 0.25) is 0 Å². The standard InChI is InChI=1S/C21H19F3N4O2S/c1-12-7-17(31(2,29)30)18(16-5-6-27-19(12)16)20(26,21(22,23)24)28-10-14-4-3-13(9-25)8-15(14)11-28/h3-8,27H,10-11,26H2,1-2H3. The van der Waals surface area contributed by atoms with Crippen LogP contribution >= 0.6 is 0 Å². The fourth-order valence-corrected chi connectivity index (χ4v) is 5.28. The number of benzene rings is 2. The summed E-state index contributed by atoms with van der Waals surface area (Å²) in [6.45, 7) is 1.31. The van der Waals surface area contributed by atoms with Crippen molar-refractivity contribution in [3.05, 3.63) is 64.3 Å². The smallest absolute Gasteiger partial charge is 0.361 e. The molecule has 0 saturated heterocycles. The number of aryl methyl sites for hydroxylation is 1. The second-order valence-electron chi connectivity index (χ2n) is 7.82. The Kier molecular flexibility index (Phi) is 4.70. The van der Waals surface area contributed by atoms with Gasteiger partial charge in [0.25, 0.3) is 0 Å². The van der Waals surface area contributed by atoms with Crippen molar-refractivity contribution in [1.29, 1.82) is 5.26 Å². The average molecular weight is 448 g/mol. The van der Waals surface area contributed by atoms with Gasteiger partial charge in [0.2, 0.25) is 0 Å². The van der Waals surface area contributed by atoms with E-state index in [4.69, 9.17) is 11.0 Å². The first-order valence-corrected chi connectivity index (χ1v) is 11.2. The third kappa shape index (κ3) is 3.20. The second kappa shape index (κ2) is 6.82. The maximum atomic E-state index is 14.7. The normalized spacial score (nSPS) is 16.8. The van der Waals surface area contributed by atoms with E-state index in [2.05, 4.69) is 4.98 Å². The second-order valence-corrected chi connectivity index (χ2v) is 9.80. The first-order chi connectivity index (χ1) is 14.4. The maximum absolute atomic E-state index is 14.7. The van der Waals surface area contributed by atoms with Crippen molar-refractivity contribution in [2.75, 3.05) is 6.26 Å². The SMILES string of the molecule is Cc1cc(S(C)(=O)=O)c(C(N)(N2Cc3ccc(C#N)cc3C2)C(F)(F)F)c2cc[nH]c12. The van der Waals surface area contributed by atoms with Crippen LogP contribution < -0.4 is 5.73 Å². The number of hydrogen-bond acceptors (Lipinski definition) is 5. The average Bonchev–Trinajstić information content (AvgIpc) is 3.32. The van der Waals surface area contributed by atoms with E-state index < -0.39 is 32.1 Å². The number of alkyl halides is 3. The molecule has 31 heavy (non-hydrogen) atoms. The molecule has 0 saturated carbocycles. The van der Waals surface area contributed by atoms with E-state index in [0.29, 0.717) is 27.8 Å². The van der Waals surface area contributed by atoms with Gasteiger partial charge in [-0.3, -0.25) is 4.90 Å². The van der Waals surface area contributed by atoms with Crippen LogP contribution in [0.15, 0.2) is 41.4 Å². The van der Waals surface area contributed by atoms with E-state index in [0.717, 1.165) is 11.2 Å². The van der Waals surface area contributed by atoms with Crippen molar-refractivity contribution in [2.45, 2.75) is 36.7 Å². The van der Waals surface area contributed by atoms with Gasteiger partial charge in [-0.15, -0.1) is 0 Å². The number of nitrogens with two attached hydrogens (primary N) is 1. The van der Waals surface area contributed by atoms with E-state index in [-0.39, 0.29) is 18.5 Å². The van der Waals surface area contributed by atoms with Crippen LogP contribution in [0.1, 0.15) is 27.8 Å². The molecule has 0 aliphatic carbocycles. The van der Waals surface area contributed by atoms with Crippen LogP contribution in [-0.4, -0.2) is 30.7 Å². The molecule has 0 bridgehead atoms. The largest absolute Gasteiger partial charge is 0.424 e. The number of fused-ring (bicyclic) bond motifs is 2. The fourth-order valence-electron chi connectivity index (χ4n) is 4.26. The predicted molar refractivity (Wildman–Crippen MR) is 108 cm³/mol. The Morgan fingerprint density at radius 2 is 1.84 bits per heavy atom. The van der Waals surface area contributed by atoms with Gasteiger partial charge in [0, 0.05) is 42.0 Å². The molecule has 2 heterocycles. The van der Waals surface area contributed by atoms with Gasteiger partial charge in [-0.1, -0.05) is 6.07 Å². The zero-order chi connectivity index (χ0) is 22.8. The van der Waals surface area contributed by atoms with E-state index in [9.17, 15) is 21.6 Å². The van der Waals surface area contributed by atoms with Crippen molar-refractivity contribution in [1.82, 2.24) is 9.88 Å². The molecule has 1 unspecified atom stereocenters. The molecule has 4 rings (SSSR count). The highest BCUT2D eigenvalue weighted by Crippen LogP contribution is 2.48. The van der Waals surface area contributed by atoms with Crippen LogP contribution in [-0.2, 0) is 28.6 Å². The third-order valence-corrected chi connectivity index (χ3v) is 6.89. The number of H-pyrrole nitrogens is 1. The molecule has 0 fully saturated rings. The molecule has 3 aromatic rings.